The van der Waals surface area contributed by atoms with E-state index in [1.54, 1.807) is 0 Å². The van der Waals surface area contributed by atoms with E-state index in [-0.39, 0.29) is 31.5 Å². The highest BCUT2D eigenvalue weighted by Gasteiger charge is 2.14. The first-order chi connectivity index (χ1) is 24.6. The summed E-state index contributed by atoms with van der Waals surface area (Å²) in [6, 6.07) is 0. The fourth-order valence-corrected chi connectivity index (χ4v) is 6.05. The Hall–Kier alpha value is -1.66. The van der Waals surface area contributed by atoms with Gasteiger partial charge in [0.25, 0.3) is 0 Å². The van der Waals surface area contributed by atoms with Crippen molar-refractivity contribution in [3.63, 3.8) is 0 Å². The smallest absolute Gasteiger partial charge is 0.305 e. The van der Waals surface area contributed by atoms with E-state index >= 15 is 0 Å². The number of allylic oxidation sites excluding steroid dienone is 4. The Labute approximate surface area is 310 Å². The molecule has 294 valence electrons. The quantitative estimate of drug-likeness (QED) is 0.0387. The Bertz CT molecular complexity index is 764. The standard InChI is InChI=1S/C44H82O6/c1-3-5-7-9-11-13-15-17-19-21-23-25-27-29-31-33-38-48-40-42(41-50-44(47)37-35-36-43(45)46)49-39-34-32-30-28-26-24-22-20-18-16-14-12-10-8-6-4-2/h17-20,42H,3-16,21-41H2,1-2H3,(H,45,46). The minimum atomic E-state index is -0.894. The number of carboxylic acids is 1. The van der Waals surface area contributed by atoms with Crippen molar-refractivity contribution < 1.29 is 28.9 Å². The summed E-state index contributed by atoms with van der Waals surface area (Å²) in [5, 5.41) is 8.81. The maximum absolute atomic E-state index is 12.1. The number of ether oxygens (including phenoxy) is 3. The van der Waals surface area contributed by atoms with Gasteiger partial charge in [-0.1, -0.05) is 154 Å². The molecule has 1 N–H and O–H groups in total. The molecule has 0 aliphatic heterocycles. The predicted molar refractivity (Wildman–Crippen MR) is 212 cm³/mol. The summed E-state index contributed by atoms with van der Waals surface area (Å²) in [5.41, 5.74) is 0. The number of hydrogen-bond donors (Lipinski definition) is 1. The van der Waals surface area contributed by atoms with Gasteiger partial charge in [-0.3, -0.25) is 9.59 Å². The van der Waals surface area contributed by atoms with Gasteiger partial charge in [0.05, 0.1) is 6.61 Å². The number of rotatable bonds is 41. The van der Waals surface area contributed by atoms with Crippen LogP contribution < -0.4 is 0 Å². The molecule has 0 aliphatic carbocycles. The van der Waals surface area contributed by atoms with Crippen molar-refractivity contribution in [1.29, 1.82) is 0 Å². The van der Waals surface area contributed by atoms with Crippen LogP contribution in [0.5, 0.6) is 0 Å². The third-order valence-electron chi connectivity index (χ3n) is 9.32. The predicted octanol–water partition coefficient (Wildman–Crippen LogP) is 13.3. The molecule has 0 aliphatic rings. The molecule has 0 aromatic carbocycles. The Morgan fingerprint density at radius 3 is 1.32 bits per heavy atom. The van der Waals surface area contributed by atoms with Crippen molar-refractivity contribution in [2.24, 2.45) is 0 Å². The number of carbonyl (C=O) groups is 2. The highest BCUT2D eigenvalue weighted by atomic mass is 16.6. The highest BCUT2D eigenvalue weighted by molar-refractivity contribution is 5.71. The molecule has 50 heavy (non-hydrogen) atoms. The van der Waals surface area contributed by atoms with E-state index in [9.17, 15) is 9.59 Å². The highest BCUT2D eigenvalue weighted by Crippen LogP contribution is 2.12. The second-order valence-corrected chi connectivity index (χ2v) is 14.4. The Morgan fingerprint density at radius 1 is 0.480 bits per heavy atom. The van der Waals surface area contributed by atoms with Crippen molar-refractivity contribution in [2.75, 3.05) is 26.4 Å². The second kappa shape index (κ2) is 41.8. The van der Waals surface area contributed by atoms with E-state index in [4.69, 9.17) is 19.3 Å². The van der Waals surface area contributed by atoms with Crippen LogP contribution in [0, 0.1) is 0 Å². The van der Waals surface area contributed by atoms with Crippen LogP contribution in [0.4, 0.5) is 0 Å². The molecule has 6 heteroatoms. The largest absolute Gasteiger partial charge is 0.481 e. The van der Waals surface area contributed by atoms with E-state index < -0.39 is 5.97 Å². The first-order valence-electron chi connectivity index (χ1n) is 21.5. The first-order valence-corrected chi connectivity index (χ1v) is 21.5. The third kappa shape index (κ3) is 40.8. The number of hydrogen-bond acceptors (Lipinski definition) is 5. The van der Waals surface area contributed by atoms with Gasteiger partial charge in [0, 0.05) is 26.1 Å². The van der Waals surface area contributed by atoms with E-state index in [0.29, 0.717) is 26.2 Å². The summed E-state index contributed by atoms with van der Waals surface area (Å²) in [4.78, 5) is 22.8. The van der Waals surface area contributed by atoms with E-state index in [1.165, 1.54) is 161 Å². The molecular weight excluding hydrogens is 624 g/mol. The monoisotopic (exact) mass is 707 g/mol. The zero-order valence-electron chi connectivity index (χ0n) is 33.1. The topological polar surface area (TPSA) is 82.1 Å². The normalized spacial score (nSPS) is 12.4. The van der Waals surface area contributed by atoms with E-state index in [2.05, 4.69) is 38.2 Å². The van der Waals surface area contributed by atoms with Crippen LogP contribution in [-0.4, -0.2) is 49.6 Å². The molecule has 0 saturated carbocycles. The van der Waals surface area contributed by atoms with Gasteiger partial charge < -0.3 is 19.3 Å². The minimum absolute atomic E-state index is 0.0234. The molecule has 6 nitrogen and oxygen atoms in total. The van der Waals surface area contributed by atoms with E-state index in [0.717, 1.165) is 19.3 Å². The van der Waals surface area contributed by atoms with Crippen LogP contribution in [0.2, 0.25) is 0 Å². The van der Waals surface area contributed by atoms with Crippen molar-refractivity contribution in [1.82, 2.24) is 0 Å². The van der Waals surface area contributed by atoms with Crippen LogP contribution in [0.15, 0.2) is 24.3 Å². The van der Waals surface area contributed by atoms with Gasteiger partial charge in [-0.2, -0.15) is 0 Å². The van der Waals surface area contributed by atoms with Gasteiger partial charge in [-0.05, 0) is 70.6 Å². The number of aliphatic carboxylic acids is 1. The fourth-order valence-electron chi connectivity index (χ4n) is 6.05. The second-order valence-electron chi connectivity index (χ2n) is 14.4. The Kier molecular flexibility index (Phi) is 40.4. The molecule has 0 radical (unpaired) electrons. The van der Waals surface area contributed by atoms with Gasteiger partial charge in [0.2, 0.25) is 0 Å². The SMILES string of the molecule is CCCCCCCCC=CCCCCCCCCOCC(COC(=O)CCCC(=O)O)OCCCCCCCCC=CCCCCCCCC. The fraction of sp³-hybridized carbons (Fsp3) is 0.864. The maximum atomic E-state index is 12.1. The average Bonchev–Trinajstić information content (AvgIpc) is 3.10. The lowest BCUT2D eigenvalue weighted by Crippen LogP contribution is -2.28. The molecule has 0 amide bonds. The van der Waals surface area contributed by atoms with Gasteiger partial charge in [-0.15, -0.1) is 0 Å². The van der Waals surface area contributed by atoms with Gasteiger partial charge in [0.15, 0.2) is 0 Å². The molecule has 0 saturated heterocycles. The van der Waals surface area contributed by atoms with E-state index in [1.807, 2.05) is 0 Å². The molecule has 0 bridgehead atoms. The average molecular weight is 707 g/mol. The third-order valence-corrected chi connectivity index (χ3v) is 9.32. The molecule has 0 rings (SSSR count). The molecule has 0 spiro atoms. The van der Waals surface area contributed by atoms with Crippen LogP contribution >= 0.6 is 0 Å². The lowest BCUT2D eigenvalue weighted by molar-refractivity contribution is -0.150. The van der Waals surface area contributed by atoms with Crippen LogP contribution in [0.25, 0.3) is 0 Å². The molecule has 0 fully saturated rings. The van der Waals surface area contributed by atoms with Gasteiger partial charge >= 0.3 is 11.9 Å². The summed E-state index contributed by atoms with van der Waals surface area (Å²) >= 11 is 0. The molecule has 0 heterocycles. The number of carbonyl (C=O) groups excluding carboxylic acids is 1. The zero-order chi connectivity index (χ0) is 36.4. The molecule has 1 unspecified atom stereocenters. The number of carboxylic acid groups (broad SMARTS) is 1. The summed E-state index contributed by atoms with van der Waals surface area (Å²) < 4.78 is 17.4. The number of esters is 1. The van der Waals surface area contributed by atoms with Gasteiger partial charge in [0.1, 0.15) is 12.7 Å². The lowest BCUT2D eigenvalue weighted by Gasteiger charge is -2.18. The molecule has 0 aromatic heterocycles. The first kappa shape index (κ1) is 48.3. The maximum Gasteiger partial charge on any atom is 0.305 e. The molecule has 1 atom stereocenters. The van der Waals surface area contributed by atoms with Gasteiger partial charge in [-0.25, -0.2) is 0 Å². The van der Waals surface area contributed by atoms with Crippen molar-refractivity contribution in [3.05, 3.63) is 24.3 Å². The summed E-state index contributed by atoms with van der Waals surface area (Å²) in [5.74, 6) is -1.26. The van der Waals surface area contributed by atoms with Crippen LogP contribution in [0.1, 0.15) is 213 Å². The van der Waals surface area contributed by atoms with Crippen molar-refractivity contribution in [3.8, 4) is 0 Å². The lowest BCUT2D eigenvalue weighted by atomic mass is 10.1. The van der Waals surface area contributed by atoms with Crippen LogP contribution in [-0.2, 0) is 23.8 Å². The van der Waals surface area contributed by atoms with Crippen molar-refractivity contribution >= 4 is 11.9 Å². The Balaban J connectivity index is 3.95. The molecule has 0 aromatic rings. The van der Waals surface area contributed by atoms with Crippen LogP contribution in [0.3, 0.4) is 0 Å². The molecular formula is C44H82O6. The zero-order valence-corrected chi connectivity index (χ0v) is 33.1. The Morgan fingerprint density at radius 2 is 0.880 bits per heavy atom. The summed E-state index contributed by atoms with van der Waals surface area (Å²) in [6.45, 7) is 6.45. The summed E-state index contributed by atoms with van der Waals surface area (Å²) in [7, 11) is 0. The number of unbranched alkanes of at least 4 members (excludes halogenated alkanes) is 24. The minimum Gasteiger partial charge on any atom is -0.481 e. The summed E-state index contributed by atoms with van der Waals surface area (Å²) in [6.07, 6.45) is 45.4. The van der Waals surface area contributed by atoms with Crippen molar-refractivity contribution in [2.45, 2.75) is 219 Å².